The smallest absolute Gasteiger partial charge is 0.0823 e. The molecule has 1 rings (SSSR count). The number of hydrogen-bond donors (Lipinski definition) is 0. The Morgan fingerprint density at radius 1 is 1.25 bits per heavy atom. The van der Waals surface area contributed by atoms with Crippen molar-refractivity contribution in [1.82, 2.24) is 0 Å². The van der Waals surface area contributed by atoms with E-state index in [9.17, 15) is 0 Å². The molecular weight excluding hydrogens is 272 g/mol. The quantitative estimate of drug-likeness (QED) is 0.534. The first-order valence-corrected chi connectivity index (χ1v) is 7.16. The maximum atomic E-state index is 5.95. The van der Waals surface area contributed by atoms with E-state index >= 15 is 0 Å². The summed E-state index contributed by atoms with van der Waals surface area (Å²) in [7, 11) is 0. The summed E-state index contributed by atoms with van der Waals surface area (Å²) in [6.45, 7) is 8.09. The predicted octanol–water partition coefficient (Wildman–Crippen LogP) is 2.62. The first kappa shape index (κ1) is 14.4. The number of alkyl halides is 1. The summed E-state index contributed by atoms with van der Waals surface area (Å²) < 4.78 is 16.8. The molecule has 96 valence electrons. The van der Waals surface area contributed by atoms with E-state index in [-0.39, 0.29) is 5.60 Å². The molecule has 1 aliphatic rings. The normalized spacial score (nSPS) is 20.2. The minimum absolute atomic E-state index is 0.0283. The van der Waals surface area contributed by atoms with E-state index in [1.807, 2.05) is 0 Å². The zero-order valence-corrected chi connectivity index (χ0v) is 11.9. The molecule has 1 fully saturated rings. The van der Waals surface area contributed by atoms with Gasteiger partial charge >= 0.3 is 0 Å². The highest BCUT2D eigenvalue weighted by atomic mass is 79.9. The standard InChI is InChI=1S/C12H23BrO3/c1-11(2)9-15-7-8-16-12(10-13)3-5-14-6-4-12/h11H,3-10H2,1-2H3. The Bertz CT molecular complexity index is 179. The largest absolute Gasteiger partial charge is 0.381 e. The van der Waals surface area contributed by atoms with Crippen molar-refractivity contribution in [3.63, 3.8) is 0 Å². The minimum atomic E-state index is -0.0283. The van der Waals surface area contributed by atoms with Crippen LogP contribution in [0.3, 0.4) is 0 Å². The molecule has 4 heteroatoms. The van der Waals surface area contributed by atoms with Crippen molar-refractivity contribution in [2.24, 2.45) is 5.92 Å². The Morgan fingerprint density at radius 3 is 2.50 bits per heavy atom. The van der Waals surface area contributed by atoms with Crippen LogP contribution in [0.2, 0.25) is 0 Å². The lowest BCUT2D eigenvalue weighted by molar-refractivity contribution is -0.108. The first-order chi connectivity index (χ1) is 7.68. The van der Waals surface area contributed by atoms with Gasteiger partial charge in [-0.3, -0.25) is 0 Å². The second kappa shape index (κ2) is 7.64. The topological polar surface area (TPSA) is 27.7 Å². The average Bonchev–Trinajstić information content (AvgIpc) is 2.29. The average molecular weight is 295 g/mol. The molecule has 0 radical (unpaired) electrons. The van der Waals surface area contributed by atoms with Crippen molar-refractivity contribution in [3.05, 3.63) is 0 Å². The van der Waals surface area contributed by atoms with E-state index in [1.54, 1.807) is 0 Å². The van der Waals surface area contributed by atoms with Crippen LogP contribution in [-0.4, -0.2) is 44.0 Å². The van der Waals surface area contributed by atoms with Gasteiger partial charge in [-0.2, -0.15) is 0 Å². The maximum Gasteiger partial charge on any atom is 0.0823 e. The third-order valence-electron chi connectivity index (χ3n) is 2.73. The fourth-order valence-corrected chi connectivity index (χ4v) is 2.42. The lowest BCUT2D eigenvalue weighted by atomic mass is 9.97. The predicted molar refractivity (Wildman–Crippen MR) is 68.2 cm³/mol. The van der Waals surface area contributed by atoms with Crippen LogP contribution >= 0.6 is 15.9 Å². The van der Waals surface area contributed by atoms with Gasteiger partial charge < -0.3 is 14.2 Å². The third kappa shape index (κ3) is 5.13. The van der Waals surface area contributed by atoms with Crippen LogP contribution < -0.4 is 0 Å². The van der Waals surface area contributed by atoms with Crippen molar-refractivity contribution in [2.45, 2.75) is 32.3 Å². The number of halogens is 1. The van der Waals surface area contributed by atoms with Crippen LogP contribution in [0, 0.1) is 5.92 Å². The molecule has 1 heterocycles. The Balaban J connectivity index is 2.13. The van der Waals surface area contributed by atoms with Crippen LogP contribution in [-0.2, 0) is 14.2 Å². The molecule has 16 heavy (non-hydrogen) atoms. The molecule has 3 nitrogen and oxygen atoms in total. The molecule has 1 aliphatic heterocycles. The van der Waals surface area contributed by atoms with Crippen LogP contribution in [0.5, 0.6) is 0 Å². The molecule has 0 bridgehead atoms. The molecule has 0 saturated carbocycles. The Morgan fingerprint density at radius 2 is 1.94 bits per heavy atom. The van der Waals surface area contributed by atoms with E-state index in [0.717, 1.165) is 38.0 Å². The van der Waals surface area contributed by atoms with Gasteiger partial charge in [0.25, 0.3) is 0 Å². The Kier molecular flexibility index (Phi) is 6.89. The van der Waals surface area contributed by atoms with E-state index in [2.05, 4.69) is 29.8 Å². The van der Waals surface area contributed by atoms with Gasteiger partial charge in [0.2, 0.25) is 0 Å². The fraction of sp³-hybridized carbons (Fsp3) is 1.00. The van der Waals surface area contributed by atoms with E-state index < -0.39 is 0 Å². The summed E-state index contributed by atoms with van der Waals surface area (Å²) >= 11 is 3.54. The van der Waals surface area contributed by atoms with Gasteiger partial charge in [0, 0.05) is 38.0 Å². The van der Waals surface area contributed by atoms with Crippen molar-refractivity contribution in [2.75, 3.05) is 38.4 Å². The molecule has 0 amide bonds. The molecule has 0 aromatic rings. The molecule has 0 aromatic heterocycles. The van der Waals surface area contributed by atoms with Gasteiger partial charge in [-0.1, -0.05) is 29.8 Å². The molecule has 0 N–H and O–H groups in total. The van der Waals surface area contributed by atoms with Gasteiger partial charge in [0.05, 0.1) is 18.8 Å². The molecule has 1 saturated heterocycles. The summed E-state index contributed by atoms with van der Waals surface area (Å²) in [5.41, 5.74) is -0.0283. The lowest BCUT2D eigenvalue weighted by Crippen LogP contribution is -2.41. The minimum Gasteiger partial charge on any atom is -0.381 e. The molecule has 0 spiro atoms. The summed E-state index contributed by atoms with van der Waals surface area (Å²) in [5, 5.41) is 0.882. The van der Waals surface area contributed by atoms with E-state index in [1.165, 1.54) is 0 Å². The first-order valence-electron chi connectivity index (χ1n) is 6.04. The van der Waals surface area contributed by atoms with Crippen molar-refractivity contribution < 1.29 is 14.2 Å². The second-order valence-corrected chi connectivity index (χ2v) is 5.31. The van der Waals surface area contributed by atoms with Gasteiger partial charge in [-0.15, -0.1) is 0 Å². The zero-order valence-electron chi connectivity index (χ0n) is 10.3. The molecule has 0 unspecified atom stereocenters. The highest BCUT2D eigenvalue weighted by Gasteiger charge is 2.32. The van der Waals surface area contributed by atoms with Crippen molar-refractivity contribution >= 4 is 15.9 Å². The summed E-state index contributed by atoms with van der Waals surface area (Å²) in [4.78, 5) is 0. The highest BCUT2D eigenvalue weighted by Crippen LogP contribution is 2.27. The van der Waals surface area contributed by atoms with Gasteiger partial charge in [0.1, 0.15) is 0 Å². The van der Waals surface area contributed by atoms with Crippen LogP contribution in [0.25, 0.3) is 0 Å². The van der Waals surface area contributed by atoms with E-state index in [0.29, 0.717) is 19.1 Å². The van der Waals surface area contributed by atoms with Crippen LogP contribution in [0.4, 0.5) is 0 Å². The maximum absolute atomic E-state index is 5.95. The summed E-state index contributed by atoms with van der Waals surface area (Å²) in [6, 6.07) is 0. The van der Waals surface area contributed by atoms with Crippen molar-refractivity contribution in [3.8, 4) is 0 Å². The zero-order chi connectivity index (χ0) is 11.9. The Hall–Kier alpha value is 0.360. The third-order valence-corrected chi connectivity index (χ3v) is 3.76. The van der Waals surface area contributed by atoms with Gasteiger partial charge in [0.15, 0.2) is 0 Å². The van der Waals surface area contributed by atoms with Crippen molar-refractivity contribution in [1.29, 1.82) is 0 Å². The second-order valence-electron chi connectivity index (χ2n) is 4.75. The SMILES string of the molecule is CC(C)COCCOC1(CBr)CCOCC1. The lowest BCUT2D eigenvalue weighted by Gasteiger charge is -2.35. The van der Waals surface area contributed by atoms with Gasteiger partial charge in [-0.05, 0) is 5.92 Å². The molecule has 0 aromatic carbocycles. The monoisotopic (exact) mass is 294 g/mol. The molecule has 0 aliphatic carbocycles. The molecule has 0 atom stereocenters. The highest BCUT2D eigenvalue weighted by molar-refractivity contribution is 9.09. The number of rotatable bonds is 7. The van der Waals surface area contributed by atoms with Crippen LogP contribution in [0.1, 0.15) is 26.7 Å². The fourth-order valence-electron chi connectivity index (χ4n) is 1.70. The summed E-state index contributed by atoms with van der Waals surface area (Å²) in [6.07, 6.45) is 1.95. The molecular formula is C12H23BrO3. The van der Waals surface area contributed by atoms with E-state index in [4.69, 9.17) is 14.2 Å². The Labute approximate surface area is 107 Å². The number of hydrogen-bond acceptors (Lipinski definition) is 3. The van der Waals surface area contributed by atoms with Crippen LogP contribution in [0.15, 0.2) is 0 Å². The van der Waals surface area contributed by atoms with Gasteiger partial charge in [-0.25, -0.2) is 0 Å². The summed E-state index contributed by atoms with van der Waals surface area (Å²) in [5.74, 6) is 0.591. The number of ether oxygens (including phenoxy) is 3.